The van der Waals surface area contributed by atoms with Crippen molar-refractivity contribution < 1.29 is 9.47 Å². The zero-order valence-electron chi connectivity index (χ0n) is 10.2. The van der Waals surface area contributed by atoms with E-state index in [2.05, 4.69) is 15.2 Å². The van der Waals surface area contributed by atoms with Crippen LogP contribution in [0.15, 0.2) is 12.1 Å². The number of nitrogens with two attached hydrogens (primary N) is 2. The molecule has 0 atom stereocenters. The van der Waals surface area contributed by atoms with Gasteiger partial charge in [0, 0.05) is 12.1 Å². The second-order valence-electron chi connectivity index (χ2n) is 3.61. The topological polar surface area (TPSA) is 112 Å². The Labute approximate surface area is 104 Å². The van der Waals surface area contributed by atoms with Gasteiger partial charge in [0.1, 0.15) is 11.5 Å². The minimum atomic E-state index is 0.244. The summed E-state index contributed by atoms with van der Waals surface area (Å²) in [6.07, 6.45) is 0. The molecule has 18 heavy (non-hydrogen) atoms. The summed E-state index contributed by atoms with van der Waals surface area (Å²) in [4.78, 5) is 4.06. The van der Waals surface area contributed by atoms with Crippen molar-refractivity contribution in [3.8, 4) is 22.9 Å². The van der Waals surface area contributed by atoms with Gasteiger partial charge in [-0.05, 0) is 12.1 Å². The van der Waals surface area contributed by atoms with Crippen LogP contribution in [0.1, 0.15) is 5.56 Å². The van der Waals surface area contributed by atoms with Crippen LogP contribution in [-0.2, 0) is 6.54 Å². The molecule has 0 radical (unpaired) electrons. The van der Waals surface area contributed by atoms with Crippen molar-refractivity contribution in [1.82, 2.24) is 15.2 Å². The Morgan fingerprint density at radius 3 is 2.44 bits per heavy atom. The molecule has 0 unspecified atom stereocenters. The fourth-order valence-electron chi connectivity index (χ4n) is 1.69. The van der Waals surface area contributed by atoms with Crippen LogP contribution in [-0.4, -0.2) is 29.4 Å². The number of hydrogen-bond acceptors (Lipinski definition) is 6. The highest BCUT2D eigenvalue weighted by atomic mass is 16.5. The maximum atomic E-state index is 5.65. The number of hydrogen-bond donors (Lipinski definition) is 3. The van der Waals surface area contributed by atoms with Crippen molar-refractivity contribution in [3.63, 3.8) is 0 Å². The van der Waals surface area contributed by atoms with Gasteiger partial charge in [0.05, 0.1) is 19.8 Å². The Morgan fingerprint density at radius 1 is 1.22 bits per heavy atom. The number of anilines is 1. The van der Waals surface area contributed by atoms with Gasteiger partial charge in [-0.25, -0.2) is 5.10 Å². The Bertz CT molecular complexity index is 552. The Hall–Kier alpha value is -2.28. The smallest absolute Gasteiger partial charge is 0.216 e. The molecule has 0 saturated heterocycles. The lowest BCUT2D eigenvalue weighted by Gasteiger charge is -2.12. The largest absolute Gasteiger partial charge is 0.496 e. The number of aromatic amines is 1. The molecule has 0 aliphatic rings. The lowest BCUT2D eigenvalue weighted by Crippen LogP contribution is -2.02. The summed E-state index contributed by atoms with van der Waals surface area (Å²) in [5.74, 6) is 1.98. The fourth-order valence-corrected chi connectivity index (χ4v) is 1.69. The molecule has 0 aliphatic heterocycles. The molecule has 0 saturated carbocycles. The van der Waals surface area contributed by atoms with Crippen LogP contribution in [0.2, 0.25) is 0 Å². The zero-order valence-corrected chi connectivity index (χ0v) is 10.2. The Morgan fingerprint density at radius 2 is 1.94 bits per heavy atom. The van der Waals surface area contributed by atoms with Gasteiger partial charge in [0.2, 0.25) is 5.95 Å². The van der Waals surface area contributed by atoms with E-state index in [0.717, 1.165) is 5.56 Å². The first-order valence-corrected chi connectivity index (χ1v) is 5.32. The number of methoxy groups -OCH3 is 2. The van der Waals surface area contributed by atoms with E-state index in [1.807, 2.05) is 0 Å². The van der Waals surface area contributed by atoms with Crippen molar-refractivity contribution in [2.45, 2.75) is 6.54 Å². The predicted octanol–water partition coefficient (Wildman–Crippen LogP) is 0.530. The van der Waals surface area contributed by atoms with Crippen molar-refractivity contribution in [2.75, 3.05) is 20.0 Å². The normalized spacial score (nSPS) is 10.4. The van der Waals surface area contributed by atoms with Crippen LogP contribution in [0, 0.1) is 0 Å². The third kappa shape index (κ3) is 2.07. The number of nitrogens with one attached hydrogen (secondary N) is 1. The summed E-state index contributed by atoms with van der Waals surface area (Å²) in [5, 5.41) is 6.58. The van der Waals surface area contributed by atoms with Crippen LogP contribution in [0.25, 0.3) is 11.4 Å². The standard InChI is InChI=1S/C11H15N5O2/c1-17-8-4-7(10-14-11(13)16-15-10)9(18-2)3-6(8)5-12/h3-4H,5,12H2,1-2H3,(H3,13,14,15,16). The van der Waals surface area contributed by atoms with Crippen LogP contribution < -0.4 is 20.9 Å². The van der Waals surface area contributed by atoms with Gasteiger partial charge in [-0.3, -0.25) is 0 Å². The van der Waals surface area contributed by atoms with Gasteiger partial charge < -0.3 is 20.9 Å². The number of benzene rings is 1. The van der Waals surface area contributed by atoms with E-state index >= 15 is 0 Å². The summed E-state index contributed by atoms with van der Waals surface area (Å²) in [6, 6.07) is 3.59. The van der Waals surface area contributed by atoms with Crippen molar-refractivity contribution in [1.29, 1.82) is 0 Å². The highest BCUT2D eigenvalue weighted by Gasteiger charge is 2.15. The van der Waals surface area contributed by atoms with Gasteiger partial charge in [-0.15, -0.1) is 0 Å². The van der Waals surface area contributed by atoms with Gasteiger partial charge in [0.15, 0.2) is 5.82 Å². The van der Waals surface area contributed by atoms with Crippen molar-refractivity contribution in [3.05, 3.63) is 17.7 Å². The average molecular weight is 249 g/mol. The van der Waals surface area contributed by atoms with Gasteiger partial charge in [-0.2, -0.15) is 10.1 Å². The third-order valence-corrected chi connectivity index (χ3v) is 2.57. The van der Waals surface area contributed by atoms with Crippen LogP contribution in [0.4, 0.5) is 5.95 Å². The first-order chi connectivity index (χ1) is 8.69. The SMILES string of the molecule is COc1cc(-c2n[nH]c(N)n2)c(OC)cc1CN. The molecule has 7 nitrogen and oxygen atoms in total. The first-order valence-electron chi connectivity index (χ1n) is 5.32. The molecule has 1 heterocycles. The molecular weight excluding hydrogens is 234 g/mol. The van der Waals surface area contributed by atoms with E-state index < -0.39 is 0 Å². The van der Waals surface area contributed by atoms with Crippen LogP contribution >= 0.6 is 0 Å². The van der Waals surface area contributed by atoms with E-state index in [1.54, 1.807) is 26.4 Å². The molecule has 5 N–H and O–H groups in total. The lowest BCUT2D eigenvalue weighted by atomic mass is 10.1. The van der Waals surface area contributed by atoms with E-state index in [-0.39, 0.29) is 5.95 Å². The Kier molecular flexibility index (Phi) is 3.33. The summed E-state index contributed by atoms with van der Waals surface area (Å²) in [7, 11) is 3.15. The monoisotopic (exact) mass is 249 g/mol. The maximum Gasteiger partial charge on any atom is 0.216 e. The molecule has 0 fully saturated rings. The second kappa shape index (κ2) is 4.92. The fraction of sp³-hybridized carbons (Fsp3) is 0.273. The highest BCUT2D eigenvalue weighted by Crippen LogP contribution is 2.34. The quantitative estimate of drug-likeness (QED) is 0.728. The second-order valence-corrected chi connectivity index (χ2v) is 3.61. The number of nitrogens with zero attached hydrogens (tertiary/aromatic N) is 2. The summed E-state index contributed by atoms with van der Waals surface area (Å²) in [6.45, 7) is 0.357. The highest BCUT2D eigenvalue weighted by molar-refractivity contribution is 5.68. The molecule has 96 valence electrons. The van der Waals surface area contributed by atoms with Crippen LogP contribution in [0.3, 0.4) is 0 Å². The number of nitrogen functional groups attached to an aromatic ring is 1. The molecule has 0 spiro atoms. The molecule has 1 aromatic heterocycles. The van der Waals surface area contributed by atoms with E-state index in [9.17, 15) is 0 Å². The van der Waals surface area contributed by atoms with Crippen molar-refractivity contribution in [2.24, 2.45) is 5.73 Å². The lowest BCUT2D eigenvalue weighted by molar-refractivity contribution is 0.400. The molecule has 2 aromatic rings. The van der Waals surface area contributed by atoms with Gasteiger partial charge in [-0.1, -0.05) is 0 Å². The van der Waals surface area contributed by atoms with Crippen LogP contribution in [0.5, 0.6) is 11.5 Å². The van der Waals surface area contributed by atoms with Crippen molar-refractivity contribution >= 4 is 5.95 Å². The number of aromatic nitrogens is 3. The van der Waals surface area contributed by atoms with E-state index in [1.165, 1.54) is 0 Å². The van der Waals surface area contributed by atoms with E-state index in [4.69, 9.17) is 20.9 Å². The van der Waals surface area contributed by atoms with Gasteiger partial charge in [0.25, 0.3) is 0 Å². The minimum absolute atomic E-state index is 0.244. The number of ether oxygens (including phenoxy) is 2. The average Bonchev–Trinajstić information content (AvgIpc) is 2.83. The summed E-state index contributed by atoms with van der Waals surface area (Å²) < 4.78 is 10.6. The zero-order chi connectivity index (χ0) is 13.1. The molecule has 2 rings (SSSR count). The van der Waals surface area contributed by atoms with Gasteiger partial charge >= 0.3 is 0 Å². The summed E-state index contributed by atoms with van der Waals surface area (Å²) in [5.41, 5.74) is 12.7. The molecule has 0 bridgehead atoms. The Balaban J connectivity index is 2.58. The third-order valence-electron chi connectivity index (χ3n) is 2.57. The molecule has 0 amide bonds. The molecule has 7 heteroatoms. The molecule has 1 aromatic carbocycles. The first kappa shape index (κ1) is 12.2. The maximum absolute atomic E-state index is 5.65. The predicted molar refractivity (Wildman–Crippen MR) is 67.2 cm³/mol. The number of H-pyrrole nitrogens is 1. The molecule has 0 aliphatic carbocycles. The number of rotatable bonds is 4. The van der Waals surface area contributed by atoms with E-state index in [0.29, 0.717) is 29.4 Å². The minimum Gasteiger partial charge on any atom is -0.496 e. The summed E-state index contributed by atoms with van der Waals surface area (Å²) >= 11 is 0. The molecular formula is C11H15N5O2.